The van der Waals surface area contributed by atoms with E-state index in [2.05, 4.69) is 35.0 Å². The molecule has 3 aliphatic heterocycles. The summed E-state index contributed by atoms with van der Waals surface area (Å²) < 4.78 is 18.7. The number of phenolic OH excluding ortho intramolecular Hbond substituents is 1. The van der Waals surface area contributed by atoms with Crippen molar-refractivity contribution in [2.24, 2.45) is 0 Å². The van der Waals surface area contributed by atoms with Crippen LogP contribution < -0.4 is 26.2 Å². The Balaban J connectivity index is 0.878. The Labute approximate surface area is 336 Å². The fourth-order valence-corrected chi connectivity index (χ4v) is 8.86. The standard InChI is InChI=1S/C45H49N5O8/c1-4-56-39-21-29(13-12-28(39)24-46-25-38(52)32-15-17-37(51)42-33(32)16-19-41(54)49-42)47-40(53)18-11-26-10-14-31(27-8-6-5-7-9-27)34(20-26)48-45(55)57-30-22-35-43-44(58-43)36(23-30)50(35,2)3/h5-10,12-17,19-21,30,35-36,38,43-44,46,52H,4,11,18,22-25H2,1-3H3,(H3-,47,48,49,51,53,54,55)/p+1/t30?,35-,36+,38-,43-,44+/m0/s1. The fourth-order valence-electron chi connectivity index (χ4n) is 8.86. The summed E-state index contributed by atoms with van der Waals surface area (Å²) >= 11 is 0. The number of ether oxygens (including phenoxy) is 3. The number of aromatic amines is 1. The third kappa shape index (κ3) is 8.16. The Bertz CT molecular complexity index is 2360. The van der Waals surface area contributed by atoms with Crippen molar-refractivity contribution in [3.05, 3.63) is 118 Å². The number of nitrogens with zero attached hydrogens (tertiary/aromatic N) is 1. The van der Waals surface area contributed by atoms with Gasteiger partial charge in [-0.1, -0.05) is 54.6 Å². The van der Waals surface area contributed by atoms with Crippen LogP contribution in [-0.2, 0) is 27.2 Å². The van der Waals surface area contributed by atoms with E-state index in [1.54, 1.807) is 18.2 Å². The number of carbonyl (C=O) groups is 2. The molecule has 0 spiro atoms. The molecule has 4 heterocycles. The number of aliphatic hydroxyl groups is 1. The van der Waals surface area contributed by atoms with Crippen LogP contribution in [0.1, 0.15) is 49.0 Å². The topological polar surface area (TPSA) is 175 Å². The van der Waals surface area contributed by atoms with Crippen molar-refractivity contribution in [3.8, 4) is 22.6 Å². The molecule has 1 aromatic heterocycles. The summed E-state index contributed by atoms with van der Waals surface area (Å²) in [6, 6.07) is 27.9. The smallest absolute Gasteiger partial charge is 0.411 e. The summed E-state index contributed by atoms with van der Waals surface area (Å²) in [5.74, 6) is 0.360. The van der Waals surface area contributed by atoms with Crippen LogP contribution in [0.15, 0.2) is 95.8 Å². The number of piperidine rings is 1. The van der Waals surface area contributed by atoms with Gasteiger partial charge in [-0.05, 0) is 54.3 Å². The molecule has 3 fully saturated rings. The number of hydrogen-bond donors (Lipinski definition) is 6. The SMILES string of the molecule is CCOc1cc(NC(=O)CCc2ccc(-c3ccccc3)c(NC(=O)OC3C[C@@H]4[C@H]5O[C@H]5[C@H](C3)[N+]4(C)C)c2)ccc1CNC[C@H](O)c1ccc(O)c2[nH]c(=O)ccc12. The molecule has 6 atom stereocenters. The average Bonchev–Trinajstić information content (AvgIpc) is 3.98. The molecular weight excluding hydrogens is 739 g/mol. The van der Waals surface area contributed by atoms with Gasteiger partial charge in [0.25, 0.3) is 0 Å². The zero-order valence-corrected chi connectivity index (χ0v) is 32.9. The molecular formula is C45H50N5O8+. The van der Waals surface area contributed by atoms with Crippen LogP contribution >= 0.6 is 0 Å². The monoisotopic (exact) mass is 788 g/mol. The van der Waals surface area contributed by atoms with Crippen LogP contribution in [0.4, 0.5) is 16.2 Å². The maximum Gasteiger partial charge on any atom is 0.411 e. The van der Waals surface area contributed by atoms with Gasteiger partial charge in [-0.15, -0.1) is 0 Å². The minimum atomic E-state index is -0.913. The molecule has 3 aliphatic rings. The van der Waals surface area contributed by atoms with E-state index < -0.39 is 12.2 Å². The van der Waals surface area contributed by atoms with Gasteiger partial charge in [0.2, 0.25) is 11.5 Å². The number of aromatic nitrogens is 1. The lowest BCUT2D eigenvalue weighted by Crippen LogP contribution is -2.60. The van der Waals surface area contributed by atoms with E-state index in [1.807, 2.05) is 67.6 Å². The number of quaternary nitrogens is 1. The minimum Gasteiger partial charge on any atom is -0.506 e. The van der Waals surface area contributed by atoms with E-state index in [4.69, 9.17) is 14.2 Å². The molecule has 3 saturated heterocycles. The predicted molar refractivity (Wildman–Crippen MR) is 221 cm³/mol. The van der Waals surface area contributed by atoms with Crippen LogP contribution in [-0.4, -0.2) is 89.3 Å². The molecule has 1 unspecified atom stereocenters. The van der Waals surface area contributed by atoms with E-state index in [9.17, 15) is 24.6 Å². The zero-order valence-electron chi connectivity index (χ0n) is 32.9. The molecule has 2 amide bonds. The van der Waals surface area contributed by atoms with Gasteiger partial charge in [0.15, 0.2) is 0 Å². The molecule has 2 bridgehead atoms. The van der Waals surface area contributed by atoms with E-state index in [1.165, 1.54) is 12.1 Å². The van der Waals surface area contributed by atoms with Crippen LogP contribution in [0.5, 0.6) is 11.5 Å². The second-order valence-corrected chi connectivity index (χ2v) is 15.9. The number of epoxide rings is 1. The number of aromatic hydroxyl groups is 1. The Morgan fingerprint density at radius 3 is 2.48 bits per heavy atom. The fraction of sp³-hybridized carbons (Fsp3) is 0.356. The van der Waals surface area contributed by atoms with Gasteiger partial charge in [-0.3, -0.25) is 14.9 Å². The van der Waals surface area contributed by atoms with Crippen molar-refractivity contribution in [2.45, 2.75) is 75.7 Å². The molecule has 0 aliphatic carbocycles. The minimum absolute atomic E-state index is 0.0690. The Morgan fingerprint density at radius 2 is 1.72 bits per heavy atom. The van der Waals surface area contributed by atoms with E-state index in [0.29, 0.717) is 59.7 Å². The van der Waals surface area contributed by atoms with Crippen LogP contribution in [0, 0.1) is 0 Å². The highest BCUT2D eigenvalue weighted by Gasteiger charge is 2.70. The number of rotatable bonds is 14. The molecule has 302 valence electrons. The second-order valence-electron chi connectivity index (χ2n) is 15.9. The number of amides is 2. The van der Waals surface area contributed by atoms with E-state index in [-0.39, 0.29) is 54.0 Å². The molecule has 8 rings (SSSR count). The van der Waals surface area contributed by atoms with Crippen LogP contribution in [0.3, 0.4) is 0 Å². The highest BCUT2D eigenvalue weighted by Crippen LogP contribution is 2.51. The largest absolute Gasteiger partial charge is 0.506 e. The Hall–Kier alpha value is -5.73. The predicted octanol–water partition coefficient (Wildman–Crippen LogP) is 6.00. The number of carbonyl (C=O) groups excluding carboxylic acids is 2. The zero-order chi connectivity index (χ0) is 40.6. The van der Waals surface area contributed by atoms with Gasteiger partial charge >= 0.3 is 6.09 Å². The summed E-state index contributed by atoms with van der Waals surface area (Å²) in [7, 11) is 4.50. The van der Waals surface area contributed by atoms with Gasteiger partial charge in [0.05, 0.1) is 38.0 Å². The number of pyridine rings is 1. The van der Waals surface area contributed by atoms with Crippen molar-refractivity contribution < 1.29 is 38.5 Å². The highest BCUT2D eigenvalue weighted by molar-refractivity contribution is 5.93. The molecule has 13 nitrogen and oxygen atoms in total. The van der Waals surface area contributed by atoms with Crippen LogP contribution in [0.2, 0.25) is 0 Å². The van der Waals surface area contributed by atoms with Gasteiger partial charge in [-0.25, -0.2) is 4.79 Å². The average molecular weight is 789 g/mol. The van der Waals surface area contributed by atoms with Crippen molar-refractivity contribution in [3.63, 3.8) is 0 Å². The molecule has 6 N–H and O–H groups in total. The molecule has 0 radical (unpaired) electrons. The number of aliphatic hydroxyl groups excluding tert-OH is 1. The first-order valence-electron chi connectivity index (χ1n) is 19.9. The summed E-state index contributed by atoms with van der Waals surface area (Å²) in [6.07, 6.45) is 1.19. The molecule has 58 heavy (non-hydrogen) atoms. The lowest BCUT2D eigenvalue weighted by molar-refractivity contribution is -0.938. The number of nitrogens with one attached hydrogen (secondary N) is 4. The number of likely N-dealkylation sites (N-methyl/N-ethyl adjacent to an activating group) is 1. The molecule has 4 aromatic carbocycles. The quantitative estimate of drug-likeness (QED) is 0.0583. The number of phenols is 1. The third-order valence-electron chi connectivity index (χ3n) is 11.9. The Morgan fingerprint density at radius 1 is 0.948 bits per heavy atom. The van der Waals surface area contributed by atoms with Crippen LogP contribution in [0.25, 0.3) is 22.0 Å². The van der Waals surface area contributed by atoms with Gasteiger partial charge in [0, 0.05) is 66.7 Å². The molecule has 0 saturated carbocycles. The first-order valence-corrected chi connectivity index (χ1v) is 19.9. The number of fused-ring (bicyclic) bond motifs is 6. The van der Waals surface area contributed by atoms with E-state index in [0.717, 1.165) is 39.6 Å². The lowest BCUT2D eigenvalue weighted by Gasteiger charge is -2.45. The summed E-state index contributed by atoms with van der Waals surface area (Å²) in [5, 5.41) is 31.0. The van der Waals surface area contributed by atoms with Crippen molar-refractivity contribution in [1.29, 1.82) is 0 Å². The number of aryl methyl sites for hydroxylation is 1. The third-order valence-corrected chi connectivity index (χ3v) is 11.9. The maximum atomic E-state index is 13.4. The Kier molecular flexibility index (Phi) is 11.0. The number of H-pyrrole nitrogens is 1. The van der Waals surface area contributed by atoms with Crippen molar-refractivity contribution in [2.75, 3.05) is 37.9 Å². The van der Waals surface area contributed by atoms with Gasteiger partial charge in [-0.2, -0.15) is 0 Å². The number of benzene rings is 4. The summed E-state index contributed by atoms with van der Waals surface area (Å²) in [6.45, 7) is 2.88. The number of hydrogen-bond acceptors (Lipinski definition) is 9. The van der Waals surface area contributed by atoms with Crippen molar-refractivity contribution in [1.82, 2.24) is 10.3 Å². The molecule has 5 aromatic rings. The highest BCUT2D eigenvalue weighted by atomic mass is 16.6. The molecule has 13 heteroatoms. The van der Waals surface area contributed by atoms with Gasteiger partial charge in [0.1, 0.15) is 41.9 Å². The van der Waals surface area contributed by atoms with Gasteiger partial charge < -0.3 is 44.5 Å². The maximum absolute atomic E-state index is 13.4. The van der Waals surface area contributed by atoms with Crippen molar-refractivity contribution >= 4 is 34.3 Å². The summed E-state index contributed by atoms with van der Waals surface area (Å²) in [4.78, 5) is 41.0. The first kappa shape index (κ1) is 39.1. The van der Waals surface area contributed by atoms with E-state index >= 15 is 0 Å². The normalized spacial score (nSPS) is 21.8. The first-order chi connectivity index (χ1) is 28.0. The summed E-state index contributed by atoms with van der Waals surface area (Å²) in [5.41, 5.74) is 5.27. The lowest BCUT2D eigenvalue weighted by atomic mass is 9.96. The number of anilines is 2. The number of morpholine rings is 1. The second kappa shape index (κ2) is 16.3.